The van der Waals surface area contributed by atoms with Crippen LogP contribution in [0.5, 0.6) is 5.75 Å². The van der Waals surface area contributed by atoms with Crippen molar-refractivity contribution in [1.82, 2.24) is 14.1 Å². The van der Waals surface area contributed by atoms with Gasteiger partial charge in [0.2, 0.25) is 10.0 Å². The number of hydrogen-bond acceptors (Lipinski definition) is 6. The number of hydrogen-bond donors (Lipinski definition) is 1. The number of amides is 1. The number of aryl methyl sites for hydroxylation is 1. The van der Waals surface area contributed by atoms with E-state index in [1.807, 2.05) is 36.4 Å². The van der Waals surface area contributed by atoms with Crippen molar-refractivity contribution < 1.29 is 22.7 Å². The van der Waals surface area contributed by atoms with Gasteiger partial charge in [-0.05, 0) is 53.8 Å². The number of nitrogens with zero attached hydrogens (tertiary/aromatic N) is 3. The topological polar surface area (TPSA) is 103 Å². The number of rotatable bonds is 9. The third kappa shape index (κ3) is 6.41. The first-order valence-electron chi connectivity index (χ1n) is 14.0. The average Bonchev–Trinajstić information content (AvgIpc) is 3.42. The number of anilines is 1. The highest BCUT2D eigenvalue weighted by Crippen LogP contribution is 2.29. The molecule has 0 atom stereocenters. The number of carbonyl (C=O) groups excluding carboxylic acids is 1. The van der Waals surface area contributed by atoms with Gasteiger partial charge in [-0.1, -0.05) is 56.3 Å². The summed E-state index contributed by atoms with van der Waals surface area (Å²) in [5.74, 6) is 0.644. The number of methoxy groups -OCH3 is 1. The van der Waals surface area contributed by atoms with E-state index < -0.39 is 15.9 Å². The lowest BCUT2D eigenvalue weighted by Crippen LogP contribution is -2.40. The lowest BCUT2D eigenvalue weighted by molar-refractivity contribution is 0.0730. The molecule has 1 aliphatic heterocycles. The van der Waals surface area contributed by atoms with Crippen molar-refractivity contribution >= 4 is 21.6 Å². The van der Waals surface area contributed by atoms with Crippen molar-refractivity contribution in [3.8, 4) is 17.0 Å². The lowest BCUT2D eigenvalue weighted by atomic mass is 10.0. The number of morpholine rings is 1. The van der Waals surface area contributed by atoms with Gasteiger partial charge in [0.25, 0.3) is 5.91 Å². The van der Waals surface area contributed by atoms with Crippen molar-refractivity contribution in [2.45, 2.75) is 38.1 Å². The van der Waals surface area contributed by atoms with Gasteiger partial charge in [-0.3, -0.25) is 9.48 Å². The smallest absolute Gasteiger partial charge is 0.259 e. The maximum absolute atomic E-state index is 13.7. The Bertz CT molecular complexity index is 1690. The molecule has 0 radical (unpaired) electrons. The van der Waals surface area contributed by atoms with Crippen LogP contribution in [-0.4, -0.2) is 61.8 Å². The molecule has 1 N–H and O–H groups in total. The maximum Gasteiger partial charge on any atom is 0.259 e. The fraction of sp³-hybridized carbons (Fsp3) is 0.312. The van der Waals surface area contributed by atoms with Crippen LogP contribution in [-0.2, 0) is 21.3 Å². The molecule has 5 rings (SSSR count). The highest BCUT2D eigenvalue weighted by Gasteiger charge is 2.28. The molecule has 1 aliphatic rings. The molecule has 42 heavy (non-hydrogen) atoms. The van der Waals surface area contributed by atoms with E-state index in [0.29, 0.717) is 67.0 Å². The average molecular weight is 589 g/mol. The van der Waals surface area contributed by atoms with E-state index in [1.54, 1.807) is 37.0 Å². The third-order valence-corrected chi connectivity index (χ3v) is 9.39. The van der Waals surface area contributed by atoms with Crippen molar-refractivity contribution in [2.75, 3.05) is 38.7 Å². The molecule has 10 heteroatoms. The molecule has 2 heterocycles. The Morgan fingerprint density at radius 2 is 1.81 bits per heavy atom. The second kappa shape index (κ2) is 12.5. The molecular formula is C32H36N4O5S. The summed E-state index contributed by atoms with van der Waals surface area (Å²) in [7, 11) is -2.15. The van der Waals surface area contributed by atoms with Crippen LogP contribution in [0.2, 0.25) is 0 Å². The molecule has 4 aromatic rings. The summed E-state index contributed by atoms with van der Waals surface area (Å²) >= 11 is 0. The van der Waals surface area contributed by atoms with Gasteiger partial charge in [-0.25, -0.2) is 8.42 Å². The Morgan fingerprint density at radius 3 is 2.55 bits per heavy atom. The summed E-state index contributed by atoms with van der Waals surface area (Å²) in [6.07, 6.45) is 1.73. The van der Waals surface area contributed by atoms with Crippen LogP contribution in [0.15, 0.2) is 77.8 Å². The minimum atomic E-state index is -3.74. The van der Waals surface area contributed by atoms with Crippen LogP contribution >= 0.6 is 0 Å². The van der Waals surface area contributed by atoms with Crippen LogP contribution in [0.4, 0.5) is 5.69 Å². The second-order valence-electron chi connectivity index (χ2n) is 10.7. The zero-order valence-corrected chi connectivity index (χ0v) is 25.1. The Kier molecular flexibility index (Phi) is 8.77. The van der Waals surface area contributed by atoms with E-state index >= 15 is 0 Å². The summed E-state index contributed by atoms with van der Waals surface area (Å²) < 4.78 is 40.7. The van der Waals surface area contributed by atoms with Crippen LogP contribution in [0.3, 0.4) is 0 Å². The normalized spacial score (nSPS) is 14.2. The molecule has 0 aliphatic carbocycles. The van der Waals surface area contributed by atoms with Gasteiger partial charge in [-0.2, -0.15) is 9.40 Å². The molecule has 0 unspecified atom stereocenters. The second-order valence-corrected chi connectivity index (χ2v) is 12.6. The monoisotopic (exact) mass is 588 g/mol. The minimum Gasteiger partial charge on any atom is -0.497 e. The van der Waals surface area contributed by atoms with Crippen molar-refractivity contribution in [3.05, 3.63) is 95.2 Å². The molecule has 0 bridgehead atoms. The first kappa shape index (κ1) is 29.5. The van der Waals surface area contributed by atoms with Crippen molar-refractivity contribution in [1.29, 1.82) is 0 Å². The molecule has 3 aromatic carbocycles. The fourth-order valence-corrected chi connectivity index (χ4v) is 6.63. The number of aromatic nitrogens is 2. The molecular weight excluding hydrogens is 552 g/mol. The summed E-state index contributed by atoms with van der Waals surface area (Å²) in [6.45, 7) is 7.83. The van der Waals surface area contributed by atoms with Crippen LogP contribution in [0.25, 0.3) is 11.3 Å². The van der Waals surface area contributed by atoms with E-state index in [2.05, 4.69) is 31.3 Å². The van der Waals surface area contributed by atoms with Crippen molar-refractivity contribution in [3.63, 3.8) is 0 Å². The van der Waals surface area contributed by atoms with E-state index in [0.717, 1.165) is 11.1 Å². The van der Waals surface area contributed by atoms with E-state index in [1.165, 1.54) is 15.9 Å². The van der Waals surface area contributed by atoms with Crippen LogP contribution < -0.4 is 10.1 Å². The van der Waals surface area contributed by atoms with Crippen LogP contribution in [0.1, 0.15) is 46.8 Å². The van der Waals surface area contributed by atoms with Crippen molar-refractivity contribution in [2.24, 2.45) is 0 Å². The maximum atomic E-state index is 13.7. The number of ether oxygens (including phenoxy) is 2. The standard InChI is InChI=1S/C32H36N4O5S/c1-22(2)25-8-5-7-24(17-25)20-35-21-29(31(34-35)26-9-6-10-28(18-26)40-4)32(37)33-27-12-11-23(3)30(19-27)42(38,39)36-13-15-41-16-14-36/h5-12,17-19,21-22H,13-16,20H2,1-4H3,(H,33,37). The summed E-state index contributed by atoms with van der Waals surface area (Å²) in [5.41, 5.74) is 4.88. The Labute approximate surface area is 247 Å². The number of carbonyl (C=O) groups is 1. The summed E-state index contributed by atoms with van der Waals surface area (Å²) in [6, 6.07) is 20.7. The fourth-order valence-electron chi connectivity index (χ4n) is 4.97. The predicted octanol–water partition coefficient (Wildman–Crippen LogP) is 5.31. The highest BCUT2D eigenvalue weighted by molar-refractivity contribution is 7.89. The number of sulfonamides is 1. The predicted molar refractivity (Wildman–Crippen MR) is 163 cm³/mol. The quantitative estimate of drug-likeness (QED) is 0.284. The molecule has 1 saturated heterocycles. The van der Waals surface area contributed by atoms with Gasteiger partial charge >= 0.3 is 0 Å². The van der Waals surface area contributed by atoms with Crippen LogP contribution in [0, 0.1) is 6.92 Å². The number of benzene rings is 3. The molecule has 0 spiro atoms. The largest absolute Gasteiger partial charge is 0.497 e. The summed E-state index contributed by atoms with van der Waals surface area (Å²) in [4.78, 5) is 13.9. The number of nitrogens with one attached hydrogen (secondary N) is 1. The van der Waals surface area contributed by atoms with Gasteiger partial charge < -0.3 is 14.8 Å². The van der Waals surface area contributed by atoms with E-state index in [-0.39, 0.29) is 4.90 Å². The zero-order valence-electron chi connectivity index (χ0n) is 24.3. The Balaban J connectivity index is 1.48. The SMILES string of the molecule is COc1cccc(-c2nn(Cc3cccc(C(C)C)c3)cc2C(=O)Nc2ccc(C)c(S(=O)(=O)N3CCOCC3)c2)c1. The Morgan fingerprint density at radius 1 is 1.05 bits per heavy atom. The van der Waals surface area contributed by atoms with E-state index in [9.17, 15) is 13.2 Å². The zero-order chi connectivity index (χ0) is 29.9. The molecule has 1 fully saturated rings. The van der Waals surface area contributed by atoms with E-state index in [4.69, 9.17) is 14.6 Å². The summed E-state index contributed by atoms with van der Waals surface area (Å²) in [5, 5.41) is 7.72. The van der Waals surface area contributed by atoms with Gasteiger partial charge in [0.05, 0.1) is 37.3 Å². The third-order valence-electron chi connectivity index (χ3n) is 7.35. The lowest BCUT2D eigenvalue weighted by Gasteiger charge is -2.26. The molecule has 9 nitrogen and oxygen atoms in total. The molecule has 220 valence electrons. The Hall–Kier alpha value is -3.99. The van der Waals surface area contributed by atoms with Gasteiger partial charge in [0.15, 0.2) is 0 Å². The van der Waals surface area contributed by atoms with Gasteiger partial charge in [0.1, 0.15) is 11.4 Å². The van der Waals surface area contributed by atoms with Gasteiger partial charge in [-0.15, -0.1) is 0 Å². The minimum absolute atomic E-state index is 0.163. The molecule has 1 aromatic heterocycles. The highest BCUT2D eigenvalue weighted by atomic mass is 32.2. The molecule has 0 saturated carbocycles. The van der Waals surface area contributed by atoms with Gasteiger partial charge in [0, 0.05) is 30.5 Å². The first-order chi connectivity index (χ1) is 20.2. The first-order valence-corrected chi connectivity index (χ1v) is 15.4. The molecule has 1 amide bonds.